The van der Waals surface area contributed by atoms with Gasteiger partial charge in [0.05, 0.1) is 11.3 Å². The molecule has 0 spiro atoms. The maximum atomic E-state index is 12.7. The fourth-order valence-electron chi connectivity index (χ4n) is 3.25. The summed E-state index contributed by atoms with van der Waals surface area (Å²) in [4.78, 5) is 29.9. The zero-order valence-electron chi connectivity index (χ0n) is 16.3. The van der Waals surface area contributed by atoms with E-state index in [2.05, 4.69) is 15.2 Å². The molecule has 0 aliphatic carbocycles. The Kier molecular flexibility index (Phi) is 5.37. The number of aromatic nitrogens is 3. The lowest BCUT2D eigenvalue weighted by molar-refractivity contribution is -0.118. The molecule has 0 saturated carbocycles. The number of rotatable bonds is 4. The van der Waals surface area contributed by atoms with Crippen molar-refractivity contribution in [1.29, 1.82) is 0 Å². The highest BCUT2D eigenvalue weighted by Gasteiger charge is 2.34. The number of thioether (sulfide) groups is 1. The second-order valence-electron chi connectivity index (χ2n) is 6.48. The number of para-hydroxylation sites is 1. The Hall–Kier alpha value is -3.46. The molecule has 9 heteroatoms. The number of hydrogen-bond donors (Lipinski definition) is 1. The van der Waals surface area contributed by atoms with Crippen molar-refractivity contribution in [1.82, 2.24) is 15.2 Å². The molecule has 152 valence electrons. The molecular weight excluding hydrogens is 404 g/mol. The molecule has 0 fully saturated rings. The summed E-state index contributed by atoms with van der Waals surface area (Å²) < 4.78 is 6.22. The fourth-order valence-corrected chi connectivity index (χ4v) is 3.75. The number of carboxylic acid groups (broad SMARTS) is 1. The first-order valence-corrected chi connectivity index (χ1v) is 10.2. The molecule has 0 saturated heterocycles. The molecule has 30 heavy (non-hydrogen) atoms. The predicted molar refractivity (Wildman–Crippen MR) is 112 cm³/mol. The summed E-state index contributed by atoms with van der Waals surface area (Å²) in [5.74, 6) is -0.222. The second-order valence-corrected chi connectivity index (χ2v) is 7.72. The largest absolute Gasteiger partial charge is 0.478 e. The van der Waals surface area contributed by atoms with Gasteiger partial charge in [0.2, 0.25) is 23.2 Å². The van der Waals surface area contributed by atoms with Crippen LogP contribution in [0.15, 0.2) is 53.7 Å². The molecule has 3 aromatic rings. The van der Waals surface area contributed by atoms with E-state index >= 15 is 0 Å². The van der Waals surface area contributed by atoms with E-state index in [0.717, 1.165) is 5.75 Å². The number of aromatic carboxylic acids is 1. The Labute approximate surface area is 176 Å². The first-order chi connectivity index (χ1) is 14.5. The van der Waals surface area contributed by atoms with E-state index in [1.165, 1.54) is 35.7 Å². The highest BCUT2D eigenvalue weighted by atomic mass is 32.2. The molecule has 1 atom stereocenters. The van der Waals surface area contributed by atoms with Crippen molar-refractivity contribution in [2.75, 3.05) is 10.7 Å². The Morgan fingerprint density at radius 3 is 2.53 bits per heavy atom. The molecule has 0 unspecified atom stereocenters. The number of amides is 1. The summed E-state index contributed by atoms with van der Waals surface area (Å²) in [6, 6.07) is 13.5. The van der Waals surface area contributed by atoms with Gasteiger partial charge in [0.25, 0.3) is 0 Å². The van der Waals surface area contributed by atoms with Crippen LogP contribution in [0, 0.1) is 0 Å². The first-order valence-electron chi connectivity index (χ1n) is 9.26. The van der Waals surface area contributed by atoms with Gasteiger partial charge in [0, 0.05) is 18.1 Å². The number of carboxylic acids is 1. The Bertz CT molecular complexity index is 1120. The Morgan fingerprint density at radius 2 is 1.87 bits per heavy atom. The minimum absolute atomic E-state index is 0.146. The summed E-state index contributed by atoms with van der Waals surface area (Å²) in [6.07, 6.45) is -0.844. The van der Waals surface area contributed by atoms with Gasteiger partial charge in [-0.2, -0.15) is 4.98 Å². The average molecular weight is 422 g/mol. The smallest absolute Gasteiger partial charge is 0.335 e. The maximum Gasteiger partial charge on any atom is 0.335 e. The molecule has 1 amide bonds. The zero-order valence-corrected chi connectivity index (χ0v) is 17.1. The highest BCUT2D eigenvalue weighted by molar-refractivity contribution is 7.99. The number of hydrogen-bond acceptors (Lipinski definition) is 7. The van der Waals surface area contributed by atoms with Crippen LogP contribution in [0.5, 0.6) is 5.88 Å². The van der Waals surface area contributed by atoms with Gasteiger partial charge in [0.1, 0.15) is 0 Å². The number of ether oxygens (including phenoxy) is 1. The van der Waals surface area contributed by atoms with Crippen molar-refractivity contribution < 1.29 is 19.4 Å². The highest BCUT2D eigenvalue weighted by Crippen LogP contribution is 2.43. The van der Waals surface area contributed by atoms with E-state index in [1.54, 1.807) is 12.1 Å². The van der Waals surface area contributed by atoms with E-state index in [4.69, 9.17) is 4.74 Å². The van der Waals surface area contributed by atoms with Crippen LogP contribution in [0.2, 0.25) is 0 Å². The summed E-state index contributed by atoms with van der Waals surface area (Å²) in [5, 5.41) is 18.2. The van der Waals surface area contributed by atoms with Gasteiger partial charge in [-0.15, -0.1) is 10.2 Å². The topological polar surface area (TPSA) is 106 Å². The molecule has 2 aromatic carbocycles. The van der Waals surface area contributed by atoms with E-state index in [9.17, 15) is 14.7 Å². The lowest BCUT2D eigenvalue weighted by Crippen LogP contribution is -2.36. The number of carbonyl (C=O) groups is 2. The quantitative estimate of drug-likeness (QED) is 0.633. The molecule has 4 rings (SSSR count). The summed E-state index contributed by atoms with van der Waals surface area (Å²) >= 11 is 1.43. The first kappa shape index (κ1) is 19.8. The third kappa shape index (κ3) is 3.59. The van der Waals surface area contributed by atoms with Crippen molar-refractivity contribution in [3.8, 4) is 17.1 Å². The lowest BCUT2D eigenvalue weighted by Gasteiger charge is -2.29. The van der Waals surface area contributed by atoms with Gasteiger partial charge in [-0.1, -0.05) is 49.0 Å². The van der Waals surface area contributed by atoms with Crippen molar-refractivity contribution in [3.05, 3.63) is 59.7 Å². The van der Waals surface area contributed by atoms with E-state index in [-0.39, 0.29) is 17.4 Å². The lowest BCUT2D eigenvalue weighted by atomic mass is 10.1. The SMILES string of the molecule is CCSc1nnc2c(n1)O[C@@H](c1ccc(C(=O)O)cc1)N(C(C)=O)c1ccccc1-2. The van der Waals surface area contributed by atoms with Crippen LogP contribution in [0.1, 0.15) is 36.0 Å². The van der Waals surface area contributed by atoms with Crippen LogP contribution in [0.4, 0.5) is 5.69 Å². The number of fused-ring (bicyclic) bond motifs is 3. The fraction of sp³-hybridized carbons (Fsp3) is 0.190. The number of anilines is 1. The normalized spacial score (nSPS) is 14.9. The minimum Gasteiger partial charge on any atom is -0.478 e. The van der Waals surface area contributed by atoms with Crippen molar-refractivity contribution in [2.45, 2.75) is 25.2 Å². The molecule has 8 nitrogen and oxygen atoms in total. The standard InChI is InChI=1S/C21H18N4O4S/c1-3-30-21-22-18-17(23-24-21)15-6-4-5-7-16(15)25(12(2)26)19(29-18)13-8-10-14(11-9-13)20(27)28/h4-11,19H,3H2,1-2H3,(H,27,28)/t19-/m0/s1. The van der Waals surface area contributed by atoms with Gasteiger partial charge < -0.3 is 9.84 Å². The number of carbonyl (C=O) groups excluding carboxylic acids is 1. The maximum absolute atomic E-state index is 12.7. The van der Waals surface area contributed by atoms with Crippen molar-refractivity contribution in [3.63, 3.8) is 0 Å². The van der Waals surface area contributed by atoms with Crippen molar-refractivity contribution >= 4 is 29.3 Å². The third-order valence-corrected chi connectivity index (χ3v) is 5.29. The molecule has 0 radical (unpaired) electrons. The number of benzene rings is 2. The summed E-state index contributed by atoms with van der Waals surface area (Å²) in [5.41, 5.74) is 2.50. The molecular formula is C21H18N4O4S. The van der Waals surface area contributed by atoms with Crippen LogP contribution in [0.25, 0.3) is 11.3 Å². The molecule has 1 N–H and O–H groups in total. The third-order valence-electron chi connectivity index (χ3n) is 4.57. The average Bonchev–Trinajstić information content (AvgIpc) is 2.88. The zero-order chi connectivity index (χ0) is 21.3. The van der Waals surface area contributed by atoms with E-state index in [1.807, 2.05) is 31.2 Å². The van der Waals surface area contributed by atoms with Crippen LogP contribution in [-0.4, -0.2) is 37.9 Å². The van der Waals surface area contributed by atoms with Gasteiger partial charge in [-0.25, -0.2) is 4.79 Å². The molecule has 1 aliphatic heterocycles. The van der Waals surface area contributed by atoms with E-state index < -0.39 is 12.2 Å². The van der Waals surface area contributed by atoms with Crippen molar-refractivity contribution in [2.24, 2.45) is 0 Å². The molecule has 1 aliphatic rings. The Balaban J connectivity index is 1.90. The van der Waals surface area contributed by atoms with E-state index in [0.29, 0.717) is 27.7 Å². The van der Waals surface area contributed by atoms with Crippen LogP contribution in [-0.2, 0) is 4.79 Å². The van der Waals surface area contributed by atoms with Gasteiger partial charge in [0.15, 0.2) is 5.69 Å². The number of nitrogens with zero attached hydrogens (tertiary/aromatic N) is 4. The summed E-state index contributed by atoms with van der Waals surface area (Å²) in [6.45, 7) is 3.44. The predicted octanol–water partition coefficient (Wildman–Crippen LogP) is 3.79. The van der Waals surface area contributed by atoms with Crippen LogP contribution >= 0.6 is 11.8 Å². The Morgan fingerprint density at radius 1 is 1.13 bits per heavy atom. The van der Waals surface area contributed by atoms with Crippen LogP contribution < -0.4 is 9.64 Å². The second kappa shape index (κ2) is 8.11. The summed E-state index contributed by atoms with van der Waals surface area (Å²) in [7, 11) is 0. The monoisotopic (exact) mass is 422 g/mol. The molecule has 1 aromatic heterocycles. The molecule has 0 bridgehead atoms. The van der Waals surface area contributed by atoms with Gasteiger partial charge in [-0.05, 0) is 24.0 Å². The minimum atomic E-state index is -1.03. The van der Waals surface area contributed by atoms with Gasteiger partial charge in [-0.3, -0.25) is 9.69 Å². The molecule has 2 heterocycles. The van der Waals surface area contributed by atoms with Gasteiger partial charge >= 0.3 is 5.97 Å². The van der Waals surface area contributed by atoms with Crippen LogP contribution in [0.3, 0.4) is 0 Å².